The molecule has 10 heteroatoms. The first-order valence-electron chi connectivity index (χ1n) is 12.2. The Bertz CT molecular complexity index is 887. The van der Waals surface area contributed by atoms with Gasteiger partial charge in [0.1, 0.15) is 17.7 Å². The monoisotopic (exact) mass is 523 g/mol. The number of carbonyl (C=O) groups is 4. The molecule has 1 aromatic carbocycles. The van der Waals surface area contributed by atoms with Crippen LogP contribution in [0, 0.1) is 6.92 Å². The van der Waals surface area contributed by atoms with Crippen LogP contribution in [-0.2, 0) is 23.9 Å². The molecule has 0 aliphatic heterocycles. The standard InChI is InChI=1S/C26H41N3O6S/c1-8-29(24(32)20(15-17-36-7)28-25(33)35-26(4,5)6)22(19-13-11-10-12-18(19)3)23(31)27-16-14-21(30)34-9-2/h10-13,20,22H,8-9,14-17H2,1-7H3,(H,27,31)(H,28,33). The van der Waals surface area contributed by atoms with Crippen LogP contribution in [0.4, 0.5) is 4.79 Å². The lowest BCUT2D eigenvalue weighted by Crippen LogP contribution is -2.53. The highest BCUT2D eigenvalue weighted by Gasteiger charge is 2.35. The number of rotatable bonds is 13. The molecule has 2 atom stereocenters. The number of likely N-dealkylation sites (N-methyl/N-ethyl adjacent to an activating group) is 1. The minimum Gasteiger partial charge on any atom is -0.466 e. The van der Waals surface area contributed by atoms with Gasteiger partial charge in [0.25, 0.3) is 0 Å². The van der Waals surface area contributed by atoms with Gasteiger partial charge in [-0.05, 0) is 71.1 Å². The highest BCUT2D eigenvalue weighted by molar-refractivity contribution is 7.98. The SMILES string of the molecule is CCOC(=O)CCNC(=O)C(c1ccccc1C)N(CC)C(=O)C(CCSC)NC(=O)OC(C)(C)C. The molecule has 0 saturated heterocycles. The zero-order valence-corrected chi connectivity index (χ0v) is 23.3. The third-order valence-corrected chi connectivity index (χ3v) is 5.84. The lowest BCUT2D eigenvalue weighted by molar-refractivity contribution is -0.144. The number of amides is 3. The van der Waals surface area contributed by atoms with Crippen molar-refractivity contribution in [2.24, 2.45) is 0 Å². The second-order valence-corrected chi connectivity index (χ2v) is 10.2. The summed E-state index contributed by atoms with van der Waals surface area (Å²) in [5.41, 5.74) is 0.793. The van der Waals surface area contributed by atoms with Crippen LogP contribution in [0.1, 0.15) is 64.6 Å². The van der Waals surface area contributed by atoms with Crippen LogP contribution in [-0.4, -0.2) is 72.1 Å². The van der Waals surface area contributed by atoms with E-state index in [1.807, 2.05) is 31.4 Å². The van der Waals surface area contributed by atoms with Crippen molar-refractivity contribution in [2.75, 3.05) is 31.7 Å². The number of alkyl carbamates (subject to hydrolysis) is 1. The third kappa shape index (κ3) is 10.5. The predicted molar refractivity (Wildman–Crippen MR) is 142 cm³/mol. The van der Waals surface area contributed by atoms with E-state index in [2.05, 4.69) is 10.6 Å². The van der Waals surface area contributed by atoms with Crippen LogP contribution in [0.15, 0.2) is 24.3 Å². The van der Waals surface area contributed by atoms with Crippen molar-refractivity contribution in [3.63, 3.8) is 0 Å². The Morgan fingerprint density at radius 1 is 1.11 bits per heavy atom. The molecule has 2 N–H and O–H groups in total. The summed E-state index contributed by atoms with van der Waals surface area (Å²) in [5.74, 6) is -0.576. The van der Waals surface area contributed by atoms with Gasteiger partial charge in [0.15, 0.2) is 0 Å². The fourth-order valence-corrected chi connectivity index (χ4v) is 4.04. The molecular formula is C26H41N3O6S. The minimum absolute atomic E-state index is 0.0245. The number of hydrogen-bond acceptors (Lipinski definition) is 7. The first-order valence-corrected chi connectivity index (χ1v) is 13.6. The van der Waals surface area contributed by atoms with E-state index < -0.39 is 35.7 Å². The van der Waals surface area contributed by atoms with Crippen molar-refractivity contribution in [3.05, 3.63) is 35.4 Å². The van der Waals surface area contributed by atoms with E-state index in [1.165, 1.54) is 4.90 Å². The maximum Gasteiger partial charge on any atom is 0.408 e. The topological polar surface area (TPSA) is 114 Å². The lowest BCUT2D eigenvalue weighted by Gasteiger charge is -2.34. The predicted octanol–water partition coefficient (Wildman–Crippen LogP) is 3.60. The Kier molecular flexibility index (Phi) is 13.4. The molecule has 0 aromatic heterocycles. The maximum atomic E-state index is 13.8. The van der Waals surface area contributed by atoms with Crippen LogP contribution in [0.3, 0.4) is 0 Å². The average molecular weight is 524 g/mol. The quantitative estimate of drug-likeness (QED) is 0.380. The largest absolute Gasteiger partial charge is 0.466 e. The second-order valence-electron chi connectivity index (χ2n) is 9.21. The maximum absolute atomic E-state index is 13.8. The van der Waals surface area contributed by atoms with E-state index in [4.69, 9.17) is 9.47 Å². The molecule has 1 rings (SSSR count). The summed E-state index contributed by atoms with van der Waals surface area (Å²) in [6.45, 7) is 11.2. The summed E-state index contributed by atoms with van der Waals surface area (Å²) in [6, 6.07) is 5.53. The number of aryl methyl sites for hydroxylation is 1. The minimum atomic E-state index is -0.942. The van der Waals surface area contributed by atoms with Crippen molar-refractivity contribution in [1.29, 1.82) is 0 Å². The fraction of sp³-hybridized carbons (Fsp3) is 0.615. The van der Waals surface area contributed by atoms with Gasteiger partial charge in [-0.15, -0.1) is 0 Å². The summed E-state index contributed by atoms with van der Waals surface area (Å²) in [5, 5.41) is 5.47. The Morgan fingerprint density at radius 3 is 2.33 bits per heavy atom. The number of nitrogens with one attached hydrogen (secondary N) is 2. The number of benzene rings is 1. The van der Waals surface area contributed by atoms with Gasteiger partial charge in [-0.1, -0.05) is 24.3 Å². The summed E-state index contributed by atoms with van der Waals surface area (Å²) in [4.78, 5) is 52.9. The Morgan fingerprint density at radius 2 is 1.78 bits per heavy atom. The number of thioether (sulfide) groups is 1. The van der Waals surface area contributed by atoms with E-state index in [-0.39, 0.29) is 32.0 Å². The summed E-state index contributed by atoms with van der Waals surface area (Å²) < 4.78 is 10.3. The molecule has 0 heterocycles. The lowest BCUT2D eigenvalue weighted by atomic mass is 9.98. The number of esters is 1. The van der Waals surface area contributed by atoms with Crippen LogP contribution < -0.4 is 10.6 Å². The normalized spacial score (nSPS) is 12.8. The van der Waals surface area contributed by atoms with Gasteiger partial charge < -0.3 is 25.0 Å². The number of hydrogen-bond donors (Lipinski definition) is 2. The molecule has 0 saturated carbocycles. The Balaban J connectivity index is 3.25. The molecule has 0 fully saturated rings. The zero-order chi connectivity index (χ0) is 27.3. The molecule has 0 aliphatic rings. The molecule has 0 spiro atoms. The molecule has 2 unspecified atom stereocenters. The summed E-state index contributed by atoms with van der Waals surface area (Å²) >= 11 is 1.55. The molecule has 202 valence electrons. The number of nitrogens with zero attached hydrogens (tertiary/aromatic N) is 1. The first kappa shape index (κ1) is 31.3. The van der Waals surface area contributed by atoms with Crippen LogP contribution in [0.5, 0.6) is 0 Å². The van der Waals surface area contributed by atoms with Crippen molar-refractivity contribution in [1.82, 2.24) is 15.5 Å². The molecule has 9 nitrogen and oxygen atoms in total. The van der Waals surface area contributed by atoms with Gasteiger partial charge in [0.05, 0.1) is 13.0 Å². The van der Waals surface area contributed by atoms with Crippen LogP contribution in [0.25, 0.3) is 0 Å². The van der Waals surface area contributed by atoms with Crippen molar-refractivity contribution < 1.29 is 28.7 Å². The molecular weight excluding hydrogens is 482 g/mol. The Labute approximate surface area is 219 Å². The smallest absolute Gasteiger partial charge is 0.408 e. The molecule has 0 aliphatic carbocycles. The van der Waals surface area contributed by atoms with Gasteiger partial charge in [-0.3, -0.25) is 14.4 Å². The summed E-state index contributed by atoms with van der Waals surface area (Å²) in [7, 11) is 0. The highest BCUT2D eigenvalue weighted by Crippen LogP contribution is 2.26. The van der Waals surface area contributed by atoms with Gasteiger partial charge in [0, 0.05) is 13.1 Å². The van der Waals surface area contributed by atoms with E-state index in [0.717, 1.165) is 5.56 Å². The van der Waals surface area contributed by atoms with Crippen LogP contribution in [0.2, 0.25) is 0 Å². The van der Waals surface area contributed by atoms with E-state index in [1.54, 1.807) is 52.4 Å². The molecule has 3 amide bonds. The molecule has 1 aromatic rings. The van der Waals surface area contributed by atoms with Crippen molar-refractivity contribution in [2.45, 2.75) is 72.1 Å². The number of carbonyl (C=O) groups excluding carboxylic acids is 4. The molecule has 0 radical (unpaired) electrons. The third-order valence-electron chi connectivity index (χ3n) is 5.20. The van der Waals surface area contributed by atoms with Crippen molar-refractivity contribution >= 4 is 35.6 Å². The van der Waals surface area contributed by atoms with Crippen molar-refractivity contribution in [3.8, 4) is 0 Å². The number of ether oxygens (including phenoxy) is 2. The van der Waals surface area contributed by atoms with Gasteiger partial charge >= 0.3 is 12.1 Å². The molecule has 36 heavy (non-hydrogen) atoms. The molecule has 0 bridgehead atoms. The highest BCUT2D eigenvalue weighted by atomic mass is 32.2. The first-order chi connectivity index (χ1) is 16.9. The van der Waals surface area contributed by atoms with Crippen LogP contribution >= 0.6 is 11.8 Å². The second kappa shape index (κ2) is 15.4. The zero-order valence-electron chi connectivity index (χ0n) is 22.5. The van der Waals surface area contributed by atoms with E-state index in [9.17, 15) is 19.2 Å². The fourth-order valence-electron chi connectivity index (χ4n) is 3.57. The average Bonchev–Trinajstić information content (AvgIpc) is 2.79. The van der Waals surface area contributed by atoms with Gasteiger partial charge in [0.2, 0.25) is 11.8 Å². The van der Waals surface area contributed by atoms with Gasteiger partial charge in [-0.25, -0.2) is 4.79 Å². The van der Waals surface area contributed by atoms with Gasteiger partial charge in [-0.2, -0.15) is 11.8 Å². The van der Waals surface area contributed by atoms with E-state index in [0.29, 0.717) is 17.7 Å². The van der Waals surface area contributed by atoms with E-state index >= 15 is 0 Å². The Hall–Kier alpha value is -2.75. The summed E-state index contributed by atoms with van der Waals surface area (Å²) in [6.07, 6.45) is 1.63.